The summed E-state index contributed by atoms with van der Waals surface area (Å²) in [5, 5.41) is 11.3. The lowest BCUT2D eigenvalue weighted by Gasteiger charge is -2.34. The van der Waals surface area contributed by atoms with Crippen molar-refractivity contribution in [2.75, 3.05) is 17.4 Å². The van der Waals surface area contributed by atoms with Crippen molar-refractivity contribution < 1.29 is 4.92 Å². The molecule has 116 valence electrons. The van der Waals surface area contributed by atoms with Gasteiger partial charge in [-0.2, -0.15) is 4.98 Å². The van der Waals surface area contributed by atoms with E-state index < -0.39 is 4.92 Å². The molecule has 0 atom stereocenters. The summed E-state index contributed by atoms with van der Waals surface area (Å²) in [5.74, 6) is 6.60. The van der Waals surface area contributed by atoms with Crippen LogP contribution in [0, 0.1) is 23.0 Å². The number of hydrogen-bond donors (Lipinski definition) is 2. The largest absolute Gasteiger partial charge is 0.351 e. The van der Waals surface area contributed by atoms with Gasteiger partial charge in [-0.25, -0.2) is 10.8 Å². The van der Waals surface area contributed by atoms with Gasteiger partial charge in [0.25, 0.3) is 0 Å². The van der Waals surface area contributed by atoms with E-state index in [2.05, 4.69) is 22.3 Å². The van der Waals surface area contributed by atoms with Crippen molar-refractivity contribution in [2.24, 2.45) is 11.8 Å². The van der Waals surface area contributed by atoms with Gasteiger partial charge >= 0.3 is 5.69 Å². The molecule has 1 aliphatic rings. The van der Waals surface area contributed by atoms with E-state index in [1.165, 1.54) is 0 Å². The summed E-state index contributed by atoms with van der Waals surface area (Å²) >= 11 is 0. The van der Waals surface area contributed by atoms with Gasteiger partial charge in [-0.3, -0.25) is 15.5 Å². The Balaban J connectivity index is 2.36. The number of anilines is 2. The van der Waals surface area contributed by atoms with Crippen molar-refractivity contribution in [3.63, 3.8) is 0 Å². The van der Waals surface area contributed by atoms with Crippen LogP contribution in [0.25, 0.3) is 0 Å². The van der Waals surface area contributed by atoms with Crippen molar-refractivity contribution in [2.45, 2.75) is 45.6 Å². The van der Waals surface area contributed by atoms with Gasteiger partial charge in [0.1, 0.15) is 5.69 Å². The molecule has 8 nitrogen and oxygen atoms in total. The monoisotopic (exact) mass is 294 g/mol. The van der Waals surface area contributed by atoms with Crippen LogP contribution < -0.4 is 16.2 Å². The van der Waals surface area contributed by atoms with E-state index >= 15 is 0 Å². The highest BCUT2D eigenvalue weighted by Gasteiger charge is 2.30. The van der Waals surface area contributed by atoms with E-state index in [-0.39, 0.29) is 17.7 Å². The van der Waals surface area contributed by atoms with Crippen molar-refractivity contribution >= 4 is 17.5 Å². The minimum absolute atomic E-state index is 0.0462. The smallest absolute Gasteiger partial charge is 0.332 e. The van der Waals surface area contributed by atoms with Gasteiger partial charge in [-0.05, 0) is 38.5 Å². The molecule has 1 saturated carbocycles. The number of hydrogen-bond acceptors (Lipinski definition) is 7. The fraction of sp³-hybridized carbons (Fsp3) is 0.692. The molecular weight excluding hydrogens is 272 g/mol. The third kappa shape index (κ3) is 3.21. The van der Waals surface area contributed by atoms with E-state index in [9.17, 15) is 10.1 Å². The molecule has 1 heterocycles. The molecule has 0 radical (unpaired) electrons. The number of rotatable bonds is 4. The lowest BCUT2D eigenvalue weighted by molar-refractivity contribution is -0.385. The number of nitro groups is 1. The molecule has 0 bridgehead atoms. The number of aromatic nitrogens is 2. The van der Waals surface area contributed by atoms with Gasteiger partial charge in [-0.1, -0.05) is 6.92 Å². The second kappa shape index (κ2) is 6.21. The minimum atomic E-state index is -0.424. The number of hydrazine groups is 1. The highest BCUT2D eigenvalue weighted by molar-refractivity contribution is 5.62. The van der Waals surface area contributed by atoms with Crippen LogP contribution in [0.4, 0.5) is 17.5 Å². The number of nitrogens with two attached hydrogens (primary N) is 1. The lowest BCUT2D eigenvalue weighted by Crippen LogP contribution is -2.36. The maximum absolute atomic E-state index is 11.3. The Morgan fingerprint density at radius 2 is 1.95 bits per heavy atom. The molecule has 8 heteroatoms. The second-order valence-corrected chi connectivity index (χ2v) is 5.73. The molecule has 0 spiro atoms. The molecule has 0 aliphatic heterocycles. The number of nitrogen functional groups attached to an aromatic ring is 1. The Labute approximate surface area is 123 Å². The van der Waals surface area contributed by atoms with Gasteiger partial charge in [0.2, 0.25) is 11.8 Å². The molecule has 0 unspecified atom stereocenters. The van der Waals surface area contributed by atoms with Gasteiger partial charge < -0.3 is 4.90 Å². The Hall–Kier alpha value is -1.96. The molecule has 0 aromatic carbocycles. The van der Waals surface area contributed by atoms with Gasteiger partial charge in [0, 0.05) is 13.1 Å². The van der Waals surface area contributed by atoms with Gasteiger partial charge in [0.05, 0.1) is 4.92 Å². The van der Waals surface area contributed by atoms with Crippen LogP contribution in [0.3, 0.4) is 0 Å². The Kier molecular flexibility index (Phi) is 4.56. The Morgan fingerprint density at radius 1 is 1.33 bits per heavy atom. The average Bonchev–Trinajstić information content (AvgIpc) is 2.45. The van der Waals surface area contributed by atoms with Gasteiger partial charge in [-0.15, -0.1) is 0 Å². The number of nitrogens with one attached hydrogen (secondary N) is 1. The summed E-state index contributed by atoms with van der Waals surface area (Å²) in [6.45, 7) is 3.84. The molecule has 21 heavy (non-hydrogen) atoms. The fourth-order valence-corrected chi connectivity index (χ4v) is 2.88. The highest BCUT2D eigenvalue weighted by atomic mass is 16.6. The topological polar surface area (TPSA) is 110 Å². The zero-order valence-corrected chi connectivity index (χ0v) is 12.7. The predicted molar refractivity (Wildman–Crippen MR) is 81.1 cm³/mol. The van der Waals surface area contributed by atoms with Crippen LogP contribution in [-0.4, -0.2) is 28.0 Å². The first kappa shape index (κ1) is 15.4. The Bertz CT molecular complexity index is 528. The molecule has 1 aliphatic carbocycles. The zero-order valence-electron chi connectivity index (χ0n) is 12.7. The van der Waals surface area contributed by atoms with E-state index in [1.807, 2.05) is 11.9 Å². The zero-order chi connectivity index (χ0) is 15.6. The van der Waals surface area contributed by atoms with Crippen molar-refractivity contribution in [3.05, 3.63) is 15.8 Å². The van der Waals surface area contributed by atoms with E-state index in [0.717, 1.165) is 31.6 Å². The third-order valence-corrected chi connectivity index (χ3v) is 4.22. The number of aryl methyl sites for hydroxylation is 1. The summed E-state index contributed by atoms with van der Waals surface area (Å²) in [6.07, 6.45) is 4.30. The van der Waals surface area contributed by atoms with Crippen LogP contribution in [0.2, 0.25) is 0 Å². The van der Waals surface area contributed by atoms with Crippen LogP contribution in [-0.2, 0) is 0 Å². The number of nitrogens with zero attached hydrogens (tertiary/aromatic N) is 4. The van der Waals surface area contributed by atoms with E-state index in [1.54, 1.807) is 6.92 Å². The molecular formula is C13H22N6O2. The second-order valence-electron chi connectivity index (χ2n) is 5.73. The summed E-state index contributed by atoms with van der Waals surface area (Å²) in [4.78, 5) is 21.0. The van der Waals surface area contributed by atoms with Crippen molar-refractivity contribution in [1.29, 1.82) is 0 Å². The standard InChI is InChI=1S/C13H22N6O2/c1-8-4-6-10(7-5-8)18(3)12-11(19(20)21)9(2)15-13(16-12)17-14/h8,10H,4-7,14H2,1-3H3,(H,15,16,17). The molecule has 2 rings (SSSR count). The first-order valence-electron chi connectivity index (χ1n) is 7.16. The van der Waals surface area contributed by atoms with E-state index in [0.29, 0.717) is 11.5 Å². The van der Waals surface area contributed by atoms with Gasteiger partial charge in [0.15, 0.2) is 0 Å². The first-order valence-corrected chi connectivity index (χ1v) is 7.16. The molecule has 0 amide bonds. The quantitative estimate of drug-likeness (QED) is 0.496. The summed E-state index contributed by atoms with van der Waals surface area (Å²) < 4.78 is 0. The van der Waals surface area contributed by atoms with Crippen LogP contribution in [0.1, 0.15) is 38.3 Å². The fourth-order valence-electron chi connectivity index (χ4n) is 2.88. The molecule has 1 aromatic rings. The molecule has 3 N–H and O–H groups in total. The minimum Gasteiger partial charge on any atom is -0.351 e. The van der Waals surface area contributed by atoms with Crippen LogP contribution in [0.5, 0.6) is 0 Å². The third-order valence-electron chi connectivity index (χ3n) is 4.22. The van der Waals surface area contributed by atoms with Crippen LogP contribution in [0.15, 0.2) is 0 Å². The van der Waals surface area contributed by atoms with Crippen molar-refractivity contribution in [1.82, 2.24) is 9.97 Å². The molecule has 0 saturated heterocycles. The average molecular weight is 294 g/mol. The Morgan fingerprint density at radius 3 is 2.48 bits per heavy atom. The molecule has 1 fully saturated rings. The summed E-state index contributed by atoms with van der Waals surface area (Å²) in [5.41, 5.74) is 2.64. The first-order chi connectivity index (χ1) is 9.93. The lowest BCUT2D eigenvalue weighted by atomic mass is 9.87. The normalized spacial score (nSPS) is 21.9. The maximum Gasteiger partial charge on any atom is 0.332 e. The maximum atomic E-state index is 11.3. The predicted octanol–water partition coefficient (Wildman–Crippen LogP) is 1.99. The summed E-state index contributed by atoms with van der Waals surface area (Å²) in [6, 6.07) is 0.264. The summed E-state index contributed by atoms with van der Waals surface area (Å²) in [7, 11) is 1.86. The highest BCUT2D eigenvalue weighted by Crippen LogP contribution is 2.34. The molecule has 1 aromatic heterocycles. The SMILES string of the molecule is Cc1nc(NN)nc(N(C)C2CCC(C)CC2)c1[N+](=O)[O-]. The van der Waals surface area contributed by atoms with E-state index in [4.69, 9.17) is 5.84 Å². The van der Waals surface area contributed by atoms with Crippen LogP contribution >= 0.6 is 0 Å². The van der Waals surface area contributed by atoms with Crippen molar-refractivity contribution in [3.8, 4) is 0 Å².